The summed E-state index contributed by atoms with van der Waals surface area (Å²) in [4.78, 5) is 25.5. The molecule has 7 heteroatoms. The highest BCUT2D eigenvalue weighted by molar-refractivity contribution is 9.10. The molecule has 0 saturated carbocycles. The summed E-state index contributed by atoms with van der Waals surface area (Å²) in [6.07, 6.45) is 0. The van der Waals surface area contributed by atoms with Crippen LogP contribution in [0.25, 0.3) is 11.1 Å². The molecular formula is C14H10BrN3O3. The van der Waals surface area contributed by atoms with Crippen LogP contribution < -0.4 is 16.4 Å². The molecule has 3 rings (SSSR count). The van der Waals surface area contributed by atoms with Crippen LogP contribution in [0, 0.1) is 0 Å². The highest BCUT2D eigenvalue weighted by Crippen LogP contribution is 2.18. The van der Waals surface area contributed by atoms with Gasteiger partial charge in [0.25, 0.3) is 0 Å². The van der Waals surface area contributed by atoms with E-state index in [4.69, 9.17) is 4.42 Å². The zero-order chi connectivity index (χ0) is 14.8. The number of halogens is 1. The van der Waals surface area contributed by atoms with E-state index < -0.39 is 5.76 Å². The number of rotatable bonds is 2. The standard InChI is InChI=1S/C14H10BrN3O3/c15-8-2-1-3-9(6-8)16-13(19)17-10-4-5-11-12(7-10)21-14(20)18-11/h1-7H,(H,18,20)(H2,16,17,19). The molecule has 0 fully saturated rings. The quantitative estimate of drug-likeness (QED) is 0.662. The lowest BCUT2D eigenvalue weighted by Gasteiger charge is -2.07. The van der Waals surface area contributed by atoms with Crippen LogP contribution >= 0.6 is 15.9 Å². The number of aromatic amines is 1. The number of oxazole rings is 1. The summed E-state index contributed by atoms with van der Waals surface area (Å²) in [5.41, 5.74) is 2.16. The number of carbonyl (C=O) groups is 1. The molecule has 0 atom stereocenters. The van der Waals surface area contributed by atoms with E-state index in [-0.39, 0.29) is 6.03 Å². The van der Waals surface area contributed by atoms with Crippen LogP contribution in [0.1, 0.15) is 0 Å². The number of H-pyrrole nitrogens is 1. The molecule has 6 nitrogen and oxygen atoms in total. The van der Waals surface area contributed by atoms with Crippen LogP contribution in [0.3, 0.4) is 0 Å². The molecule has 3 N–H and O–H groups in total. The lowest BCUT2D eigenvalue weighted by Crippen LogP contribution is -2.19. The molecule has 0 saturated heterocycles. The van der Waals surface area contributed by atoms with Crippen molar-refractivity contribution in [3.8, 4) is 0 Å². The number of benzene rings is 2. The minimum atomic E-state index is -0.527. The fourth-order valence-corrected chi connectivity index (χ4v) is 2.28. The minimum absolute atomic E-state index is 0.384. The first-order valence-corrected chi connectivity index (χ1v) is 6.86. The lowest BCUT2D eigenvalue weighted by molar-refractivity contribution is 0.262. The van der Waals surface area contributed by atoms with E-state index in [0.29, 0.717) is 22.5 Å². The summed E-state index contributed by atoms with van der Waals surface area (Å²) >= 11 is 3.33. The highest BCUT2D eigenvalue weighted by Gasteiger charge is 2.06. The van der Waals surface area contributed by atoms with Gasteiger partial charge in [-0.1, -0.05) is 22.0 Å². The van der Waals surface area contributed by atoms with E-state index in [9.17, 15) is 9.59 Å². The van der Waals surface area contributed by atoms with Gasteiger partial charge in [-0.2, -0.15) is 0 Å². The van der Waals surface area contributed by atoms with Crippen molar-refractivity contribution in [3.63, 3.8) is 0 Å². The molecule has 2 amide bonds. The van der Waals surface area contributed by atoms with Gasteiger partial charge < -0.3 is 15.1 Å². The number of amides is 2. The number of fused-ring (bicyclic) bond motifs is 1. The van der Waals surface area contributed by atoms with Crippen molar-refractivity contribution >= 4 is 44.4 Å². The van der Waals surface area contributed by atoms with Crippen molar-refractivity contribution in [2.24, 2.45) is 0 Å². The second-order valence-electron chi connectivity index (χ2n) is 4.31. The monoisotopic (exact) mass is 347 g/mol. The number of nitrogens with one attached hydrogen (secondary N) is 3. The van der Waals surface area contributed by atoms with E-state index in [1.54, 1.807) is 30.3 Å². The van der Waals surface area contributed by atoms with E-state index in [1.807, 2.05) is 12.1 Å². The maximum absolute atomic E-state index is 11.9. The first kappa shape index (κ1) is 13.4. The molecule has 3 aromatic rings. The zero-order valence-corrected chi connectivity index (χ0v) is 12.2. The molecular weight excluding hydrogens is 338 g/mol. The van der Waals surface area contributed by atoms with Gasteiger partial charge in [0.2, 0.25) is 0 Å². The van der Waals surface area contributed by atoms with Crippen molar-refractivity contribution in [1.29, 1.82) is 0 Å². The van der Waals surface area contributed by atoms with Crippen molar-refractivity contribution in [2.45, 2.75) is 0 Å². The van der Waals surface area contributed by atoms with Gasteiger partial charge in [-0.3, -0.25) is 4.98 Å². The van der Waals surface area contributed by atoms with E-state index in [2.05, 4.69) is 31.5 Å². The number of hydrogen-bond donors (Lipinski definition) is 3. The Morgan fingerprint density at radius 3 is 2.62 bits per heavy atom. The van der Waals surface area contributed by atoms with Gasteiger partial charge in [-0.15, -0.1) is 0 Å². The van der Waals surface area contributed by atoms with Crippen LogP contribution in [0.15, 0.2) is 56.1 Å². The number of carbonyl (C=O) groups excluding carboxylic acids is 1. The molecule has 1 heterocycles. The lowest BCUT2D eigenvalue weighted by atomic mass is 10.3. The third-order valence-electron chi connectivity index (χ3n) is 2.76. The summed E-state index contributed by atoms with van der Waals surface area (Å²) in [6, 6.07) is 11.8. The molecule has 21 heavy (non-hydrogen) atoms. The smallest absolute Gasteiger partial charge is 0.408 e. The molecule has 1 aromatic heterocycles. The fraction of sp³-hybridized carbons (Fsp3) is 0. The van der Waals surface area contributed by atoms with Gasteiger partial charge in [-0.25, -0.2) is 9.59 Å². The molecule has 0 spiro atoms. The van der Waals surface area contributed by atoms with Crippen LogP contribution in [0.2, 0.25) is 0 Å². The molecule has 0 radical (unpaired) electrons. The third kappa shape index (κ3) is 3.14. The largest absolute Gasteiger partial charge is 0.417 e. The molecule has 0 unspecified atom stereocenters. The highest BCUT2D eigenvalue weighted by atomic mass is 79.9. The first-order chi connectivity index (χ1) is 10.1. The SMILES string of the molecule is O=C(Nc1cccc(Br)c1)Nc1ccc2[nH]c(=O)oc2c1. The summed E-state index contributed by atoms with van der Waals surface area (Å²) in [5.74, 6) is -0.527. The Morgan fingerprint density at radius 1 is 1.10 bits per heavy atom. The average molecular weight is 348 g/mol. The van der Waals surface area contributed by atoms with E-state index in [0.717, 1.165) is 4.47 Å². The van der Waals surface area contributed by atoms with Crippen LogP contribution in [0.4, 0.5) is 16.2 Å². The van der Waals surface area contributed by atoms with E-state index in [1.165, 1.54) is 0 Å². The Hall–Kier alpha value is -2.54. The number of aromatic nitrogens is 1. The van der Waals surface area contributed by atoms with E-state index >= 15 is 0 Å². The predicted molar refractivity (Wildman–Crippen MR) is 83.6 cm³/mol. The van der Waals surface area contributed by atoms with Crippen LogP contribution in [-0.4, -0.2) is 11.0 Å². The third-order valence-corrected chi connectivity index (χ3v) is 3.25. The molecule has 0 bridgehead atoms. The average Bonchev–Trinajstić information content (AvgIpc) is 2.78. The normalized spacial score (nSPS) is 10.5. The van der Waals surface area contributed by atoms with Crippen LogP contribution in [0.5, 0.6) is 0 Å². The fourth-order valence-electron chi connectivity index (χ4n) is 1.88. The number of urea groups is 1. The zero-order valence-electron chi connectivity index (χ0n) is 10.6. The van der Waals surface area contributed by atoms with Gasteiger partial charge in [0.15, 0.2) is 5.58 Å². The summed E-state index contributed by atoms with van der Waals surface area (Å²) in [5, 5.41) is 5.37. The van der Waals surface area contributed by atoms with Crippen LogP contribution in [-0.2, 0) is 0 Å². The molecule has 0 aliphatic heterocycles. The molecule has 0 aliphatic rings. The maximum atomic E-state index is 11.9. The number of anilines is 2. The Balaban J connectivity index is 1.75. The van der Waals surface area contributed by atoms with Crippen molar-refractivity contribution in [1.82, 2.24) is 4.98 Å². The number of hydrogen-bond acceptors (Lipinski definition) is 3. The van der Waals surface area contributed by atoms with Gasteiger partial charge in [0.05, 0.1) is 5.52 Å². The predicted octanol–water partition coefficient (Wildman–Crippen LogP) is 3.53. The van der Waals surface area contributed by atoms with Gasteiger partial charge in [0.1, 0.15) is 0 Å². The van der Waals surface area contributed by atoms with Crippen molar-refractivity contribution in [3.05, 3.63) is 57.5 Å². The minimum Gasteiger partial charge on any atom is -0.408 e. The topological polar surface area (TPSA) is 87.1 Å². The van der Waals surface area contributed by atoms with Gasteiger partial charge in [0, 0.05) is 21.9 Å². The second kappa shape index (κ2) is 5.45. The van der Waals surface area contributed by atoms with Crippen molar-refractivity contribution in [2.75, 3.05) is 10.6 Å². The Morgan fingerprint density at radius 2 is 1.86 bits per heavy atom. The maximum Gasteiger partial charge on any atom is 0.417 e. The summed E-state index contributed by atoms with van der Waals surface area (Å²) in [7, 11) is 0. The summed E-state index contributed by atoms with van der Waals surface area (Å²) < 4.78 is 5.81. The summed E-state index contributed by atoms with van der Waals surface area (Å²) in [6.45, 7) is 0. The first-order valence-electron chi connectivity index (χ1n) is 6.06. The molecule has 0 aliphatic carbocycles. The Kier molecular flexibility index (Phi) is 3.49. The molecule has 106 valence electrons. The second-order valence-corrected chi connectivity index (χ2v) is 5.23. The Bertz CT molecular complexity index is 869. The van der Waals surface area contributed by atoms with Gasteiger partial charge >= 0.3 is 11.8 Å². The van der Waals surface area contributed by atoms with Crippen molar-refractivity contribution < 1.29 is 9.21 Å². The van der Waals surface area contributed by atoms with Gasteiger partial charge in [-0.05, 0) is 30.3 Å². The Labute approximate surface area is 127 Å². The molecule has 2 aromatic carbocycles.